The number of amides is 1. The summed E-state index contributed by atoms with van der Waals surface area (Å²) in [7, 11) is 0. The van der Waals surface area contributed by atoms with Crippen LogP contribution in [0.15, 0.2) is 66.7 Å². The predicted octanol–water partition coefficient (Wildman–Crippen LogP) is 5.43. The van der Waals surface area contributed by atoms with E-state index in [9.17, 15) is 9.59 Å². The van der Waals surface area contributed by atoms with Crippen LogP contribution in [0.3, 0.4) is 0 Å². The van der Waals surface area contributed by atoms with Crippen LogP contribution >= 0.6 is 11.6 Å². The van der Waals surface area contributed by atoms with Crippen molar-refractivity contribution in [3.63, 3.8) is 0 Å². The van der Waals surface area contributed by atoms with Gasteiger partial charge in [0.15, 0.2) is 23.9 Å². The Balaban J connectivity index is 1.42. The lowest BCUT2D eigenvalue weighted by Crippen LogP contribution is -2.22. The fourth-order valence-corrected chi connectivity index (χ4v) is 3.51. The van der Waals surface area contributed by atoms with E-state index in [1.807, 2.05) is 51.1 Å². The molecule has 0 radical (unpaired) electrons. The number of aromatic nitrogens is 3. The van der Waals surface area contributed by atoms with Crippen molar-refractivity contribution in [3.05, 3.63) is 94.4 Å². The minimum Gasteiger partial charge on any atom is -0.455 e. The number of hydrogen-bond donors (Lipinski definition) is 1. The number of aryl methyl sites for hydroxylation is 3. The molecule has 1 N–H and O–H groups in total. The number of benzene rings is 2. The van der Waals surface area contributed by atoms with Gasteiger partial charge in [0.2, 0.25) is 0 Å². The highest BCUT2D eigenvalue weighted by Gasteiger charge is 2.18. The van der Waals surface area contributed by atoms with Gasteiger partial charge in [-0.15, -0.1) is 0 Å². The molecule has 0 bridgehead atoms. The summed E-state index contributed by atoms with van der Waals surface area (Å²) in [6, 6.07) is 19.6. The average Bonchev–Trinajstić information content (AvgIpc) is 3.18. The van der Waals surface area contributed by atoms with E-state index in [2.05, 4.69) is 15.4 Å². The molecule has 2 aromatic carbocycles. The molecule has 9 heteroatoms. The third-order valence-electron chi connectivity index (χ3n) is 5.00. The molecule has 0 aliphatic carbocycles. The number of para-hydroxylation sites is 2. The van der Waals surface area contributed by atoms with Gasteiger partial charge >= 0.3 is 5.97 Å². The van der Waals surface area contributed by atoms with Crippen LogP contribution in [0, 0.1) is 20.8 Å². The topological polar surface area (TPSA) is 95.3 Å². The summed E-state index contributed by atoms with van der Waals surface area (Å²) in [6.07, 6.45) is 0. The maximum atomic E-state index is 12.6. The van der Waals surface area contributed by atoms with E-state index in [0.717, 1.165) is 17.0 Å². The van der Waals surface area contributed by atoms with Crippen molar-refractivity contribution >= 4 is 29.2 Å². The van der Waals surface area contributed by atoms with Crippen LogP contribution in [-0.4, -0.2) is 33.2 Å². The second-order valence-corrected chi connectivity index (χ2v) is 8.28. The zero-order chi connectivity index (χ0) is 24.9. The molecule has 0 spiro atoms. The van der Waals surface area contributed by atoms with Crippen molar-refractivity contribution in [3.8, 4) is 17.3 Å². The Kier molecular flexibility index (Phi) is 7.12. The van der Waals surface area contributed by atoms with Crippen LogP contribution in [0.1, 0.15) is 27.4 Å². The molecule has 178 valence electrons. The molecule has 0 saturated carbocycles. The maximum Gasteiger partial charge on any atom is 0.359 e. The molecule has 0 aliphatic heterocycles. The molecule has 8 nitrogen and oxygen atoms in total. The number of nitrogens with zero attached hydrogens (tertiary/aromatic N) is 3. The molecular formula is C26H23ClN4O4. The Hall–Kier alpha value is -4.17. The van der Waals surface area contributed by atoms with Crippen LogP contribution in [0.2, 0.25) is 5.02 Å². The van der Waals surface area contributed by atoms with E-state index in [4.69, 9.17) is 21.1 Å². The van der Waals surface area contributed by atoms with Gasteiger partial charge in [0.05, 0.1) is 16.4 Å². The second-order valence-electron chi connectivity index (χ2n) is 7.87. The van der Waals surface area contributed by atoms with Gasteiger partial charge in [0, 0.05) is 5.69 Å². The lowest BCUT2D eigenvalue weighted by atomic mass is 10.2. The highest BCUT2D eigenvalue weighted by molar-refractivity contribution is 6.33. The first-order chi connectivity index (χ1) is 16.8. The van der Waals surface area contributed by atoms with Gasteiger partial charge < -0.3 is 14.8 Å². The minimum absolute atomic E-state index is 0.104. The smallest absolute Gasteiger partial charge is 0.359 e. The van der Waals surface area contributed by atoms with E-state index < -0.39 is 18.5 Å². The largest absolute Gasteiger partial charge is 0.455 e. The van der Waals surface area contributed by atoms with Crippen LogP contribution in [0.5, 0.6) is 11.5 Å². The van der Waals surface area contributed by atoms with Crippen LogP contribution in [-0.2, 0) is 9.53 Å². The highest BCUT2D eigenvalue weighted by atomic mass is 35.5. The second kappa shape index (κ2) is 10.4. The Morgan fingerprint density at radius 3 is 2.46 bits per heavy atom. The fourth-order valence-electron chi connectivity index (χ4n) is 3.33. The van der Waals surface area contributed by atoms with Crippen LogP contribution in [0.4, 0.5) is 5.69 Å². The minimum atomic E-state index is -0.822. The highest BCUT2D eigenvalue weighted by Crippen LogP contribution is 2.29. The molecule has 0 atom stereocenters. The monoisotopic (exact) mass is 490 g/mol. The summed E-state index contributed by atoms with van der Waals surface area (Å²) in [5, 5.41) is 7.17. The summed E-state index contributed by atoms with van der Waals surface area (Å²) in [4.78, 5) is 29.4. The van der Waals surface area contributed by atoms with Crippen molar-refractivity contribution in [2.24, 2.45) is 0 Å². The number of rotatable bonds is 7. The van der Waals surface area contributed by atoms with Crippen molar-refractivity contribution < 1.29 is 19.1 Å². The normalized spacial score (nSPS) is 10.6. The summed E-state index contributed by atoms with van der Waals surface area (Å²) in [6.45, 7) is 5.19. The van der Waals surface area contributed by atoms with Gasteiger partial charge in [0.25, 0.3) is 5.91 Å². The molecule has 35 heavy (non-hydrogen) atoms. The quantitative estimate of drug-likeness (QED) is 0.347. The van der Waals surface area contributed by atoms with Crippen molar-refractivity contribution in [1.29, 1.82) is 0 Å². The lowest BCUT2D eigenvalue weighted by molar-refractivity contribution is -0.119. The van der Waals surface area contributed by atoms with E-state index in [1.54, 1.807) is 35.0 Å². The molecule has 0 unspecified atom stereocenters. The number of pyridine rings is 1. The number of carbonyl (C=O) groups excluding carboxylic acids is 2. The van der Waals surface area contributed by atoms with Gasteiger partial charge in [-0.25, -0.2) is 14.5 Å². The van der Waals surface area contributed by atoms with Crippen LogP contribution < -0.4 is 10.1 Å². The maximum absolute atomic E-state index is 12.6. The molecular weight excluding hydrogens is 468 g/mol. The number of nitrogens with one attached hydrogen (secondary N) is 1. The molecule has 0 saturated heterocycles. The Morgan fingerprint density at radius 2 is 1.74 bits per heavy atom. The molecule has 0 fully saturated rings. The fraction of sp³-hybridized carbons (Fsp3) is 0.154. The Bertz CT molecular complexity index is 1380. The van der Waals surface area contributed by atoms with E-state index in [-0.39, 0.29) is 10.7 Å². The van der Waals surface area contributed by atoms with Crippen LogP contribution in [0.25, 0.3) is 5.82 Å². The number of ether oxygens (including phenoxy) is 2. The van der Waals surface area contributed by atoms with Gasteiger partial charge in [-0.3, -0.25) is 4.79 Å². The van der Waals surface area contributed by atoms with E-state index >= 15 is 0 Å². The van der Waals surface area contributed by atoms with E-state index in [1.165, 1.54) is 6.07 Å². The number of esters is 1. The Labute approximate surface area is 207 Å². The molecule has 1 amide bonds. The number of anilines is 1. The van der Waals surface area contributed by atoms with Gasteiger partial charge in [0.1, 0.15) is 5.75 Å². The summed E-state index contributed by atoms with van der Waals surface area (Å²) < 4.78 is 12.7. The molecule has 2 aromatic heterocycles. The Morgan fingerprint density at radius 1 is 1.00 bits per heavy atom. The van der Waals surface area contributed by atoms with Crippen molar-refractivity contribution in [2.45, 2.75) is 20.8 Å². The number of hydrogen-bond acceptors (Lipinski definition) is 6. The zero-order valence-electron chi connectivity index (χ0n) is 19.4. The van der Waals surface area contributed by atoms with E-state index in [0.29, 0.717) is 23.0 Å². The lowest BCUT2D eigenvalue weighted by Gasteiger charge is -2.13. The standard InChI is InChI=1S/C26H23ClN4O4/c1-16-8-10-19(11-9-16)35-22-7-5-4-6-21(22)28-24(32)15-34-26(33)25-20(27)12-13-23(29-25)31-18(3)14-17(2)30-31/h4-14H,15H2,1-3H3,(H,28,32). The summed E-state index contributed by atoms with van der Waals surface area (Å²) in [5.41, 5.74) is 3.11. The van der Waals surface area contributed by atoms with Crippen molar-refractivity contribution in [2.75, 3.05) is 11.9 Å². The summed E-state index contributed by atoms with van der Waals surface area (Å²) >= 11 is 6.17. The third kappa shape index (κ3) is 5.85. The molecule has 4 aromatic rings. The number of halogens is 1. The van der Waals surface area contributed by atoms with Gasteiger partial charge in [-0.1, -0.05) is 41.4 Å². The number of carbonyl (C=O) groups is 2. The zero-order valence-corrected chi connectivity index (χ0v) is 20.2. The summed E-state index contributed by atoms with van der Waals surface area (Å²) in [5.74, 6) is 0.144. The van der Waals surface area contributed by atoms with Gasteiger partial charge in [-0.2, -0.15) is 5.10 Å². The first kappa shape index (κ1) is 24.0. The molecule has 0 aliphatic rings. The average molecular weight is 491 g/mol. The van der Waals surface area contributed by atoms with Crippen molar-refractivity contribution in [1.82, 2.24) is 14.8 Å². The predicted molar refractivity (Wildman–Crippen MR) is 132 cm³/mol. The first-order valence-electron chi connectivity index (χ1n) is 10.8. The molecule has 2 heterocycles. The molecule has 4 rings (SSSR count). The third-order valence-corrected chi connectivity index (χ3v) is 5.30. The van der Waals surface area contributed by atoms with Gasteiger partial charge in [-0.05, 0) is 63.2 Å². The first-order valence-corrected chi connectivity index (χ1v) is 11.2. The SMILES string of the molecule is Cc1ccc(Oc2ccccc2NC(=O)COC(=O)c2nc(-n3nc(C)cc3C)ccc2Cl)cc1.